The highest BCUT2D eigenvalue weighted by atomic mass is 19.1. The molecule has 5 heteroatoms. The lowest BCUT2D eigenvalue weighted by Crippen LogP contribution is -2.32. The van der Waals surface area contributed by atoms with Crippen LogP contribution in [0.3, 0.4) is 0 Å². The zero-order chi connectivity index (χ0) is 12.4. The Morgan fingerprint density at radius 1 is 1.39 bits per heavy atom. The molecule has 1 N–H and O–H groups in total. The maximum atomic E-state index is 13.3. The van der Waals surface area contributed by atoms with Crippen LogP contribution in [-0.2, 0) is 0 Å². The second-order valence-corrected chi connectivity index (χ2v) is 4.57. The van der Waals surface area contributed by atoms with Gasteiger partial charge in [-0.1, -0.05) is 17.3 Å². The Kier molecular flexibility index (Phi) is 3.06. The molecule has 1 aromatic carbocycles. The third kappa shape index (κ3) is 2.13. The third-order valence-electron chi connectivity index (χ3n) is 3.31. The first kappa shape index (κ1) is 11.3. The van der Waals surface area contributed by atoms with E-state index in [1.165, 1.54) is 12.1 Å². The van der Waals surface area contributed by atoms with Crippen molar-refractivity contribution in [3.8, 4) is 11.3 Å². The van der Waals surface area contributed by atoms with Gasteiger partial charge in [-0.05, 0) is 31.5 Å². The summed E-state index contributed by atoms with van der Waals surface area (Å²) in [7, 11) is 0. The maximum absolute atomic E-state index is 13.3. The van der Waals surface area contributed by atoms with Gasteiger partial charge in [-0.15, -0.1) is 5.10 Å². The third-order valence-corrected chi connectivity index (χ3v) is 3.31. The monoisotopic (exact) mass is 246 g/mol. The van der Waals surface area contributed by atoms with Crippen molar-refractivity contribution in [2.75, 3.05) is 13.1 Å². The SMILES string of the molecule is Fc1cccc(-c2cnnn2C2CCCNC2)c1. The average Bonchev–Trinajstić information content (AvgIpc) is 2.89. The molecule has 0 radical (unpaired) electrons. The van der Waals surface area contributed by atoms with Crippen LogP contribution in [0.5, 0.6) is 0 Å². The molecule has 1 aromatic heterocycles. The molecule has 18 heavy (non-hydrogen) atoms. The van der Waals surface area contributed by atoms with Gasteiger partial charge in [0.15, 0.2) is 0 Å². The molecule has 3 rings (SSSR count). The summed E-state index contributed by atoms with van der Waals surface area (Å²) in [5, 5.41) is 11.5. The Labute approximate surface area is 105 Å². The summed E-state index contributed by atoms with van der Waals surface area (Å²) in [6.45, 7) is 1.95. The Bertz CT molecular complexity index is 531. The van der Waals surface area contributed by atoms with E-state index in [2.05, 4.69) is 15.6 Å². The number of aromatic nitrogens is 3. The summed E-state index contributed by atoms with van der Waals surface area (Å²) < 4.78 is 15.2. The zero-order valence-electron chi connectivity index (χ0n) is 10.0. The van der Waals surface area contributed by atoms with Gasteiger partial charge in [0.2, 0.25) is 0 Å². The summed E-state index contributed by atoms with van der Waals surface area (Å²) in [4.78, 5) is 0. The van der Waals surface area contributed by atoms with Crippen LogP contribution in [0.2, 0.25) is 0 Å². The highest BCUT2D eigenvalue weighted by molar-refractivity contribution is 5.58. The molecule has 0 amide bonds. The molecule has 4 nitrogen and oxygen atoms in total. The molecule has 0 saturated carbocycles. The summed E-state index contributed by atoms with van der Waals surface area (Å²) in [5.41, 5.74) is 1.70. The van der Waals surface area contributed by atoms with Crippen LogP contribution in [0.15, 0.2) is 30.5 Å². The Morgan fingerprint density at radius 3 is 3.11 bits per heavy atom. The van der Waals surface area contributed by atoms with Gasteiger partial charge in [0, 0.05) is 12.1 Å². The number of halogens is 1. The van der Waals surface area contributed by atoms with Crippen LogP contribution in [0.4, 0.5) is 4.39 Å². The Hall–Kier alpha value is -1.75. The molecular formula is C13H15FN4. The first-order chi connectivity index (χ1) is 8.84. The second kappa shape index (κ2) is 4.86. The van der Waals surface area contributed by atoms with E-state index in [9.17, 15) is 4.39 Å². The van der Waals surface area contributed by atoms with Crippen LogP contribution < -0.4 is 5.32 Å². The van der Waals surface area contributed by atoms with Gasteiger partial charge in [0.1, 0.15) is 5.82 Å². The predicted molar refractivity (Wildman–Crippen MR) is 66.6 cm³/mol. The van der Waals surface area contributed by atoms with Crippen molar-refractivity contribution >= 4 is 0 Å². The van der Waals surface area contributed by atoms with Crippen molar-refractivity contribution < 1.29 is 4.39 Å². The number of nitrogens with one attached hydrogen (secondary N) is 1. The largest absolute Gasteiger partial charge is 0.315 e. The van der Waals surface area contributed by atoms with Crippen molar-refractivity contribution in [1.29, 1.82) is 0 Å². The molecule has 1 atom stereocenters. The lowest BCUT2D eigenvalue weighted by atomic mass is 10.1. The van der Waals surface area contributed by atoms with Crippen molar-refractivity contribution in [2.45, 2.75) is 18.9 Å². The molecule has 1 unspecified atom stereocenters. The highest BCUT2D eigenvalue weighted by Gasteiger charge is 2.19. The fourth-order valence-corrected chi connectivity index (χ4v) is 2.41. The van der Waals surface area contributed by atoms with Crippen molar-refractivity contribution in [2.24, 2.45) is 0 Å². The molecule has 0 aliphatic carbocycles. The minimum atomic E-state index is -0.234. The Balaban J connectivity index is 1.95. The number of nitrogens with zero attached hydrogens (tertiary/aromatic N) is 3. The Morgan fingerprint density at radius 2 is 2.33 bits per heavy atom. The lowest BCUT2D eigenvalue weighted by Gasteiger charge is -2.24. The van der Waals surface area contributed by atoms with Crippen LogP contribution in [0.1, 0.15) is 18.9 Å². The summed E-state index contributed by atoms with van der Waals surface area (Å²) in [6.07, 6.45) is 3.91. The minimum absolute atomic E-state index is 0.234. The summed E-state index contributed by atoms with van der Waals surface area (Å²) >= 11 is 0. The molecule has 0 bridgehead atoms. The van der Waals surface area contributed by atoms with Crippen LogP contribution in [0.25, 0.3) is 11.3 Å². The van der Waals surface area contributed by atoms with E-state index in [-0.39, 0.29) is 5.82 Å². The molecule has 94 valence electrons. The van der Waals surface area contributed by atoms with E-state index < -0.39 is 0 Å². The molecular weight excluding hydrogens is 231 g/mol. The van der Waals surface area contributed by atoms with Gasteiger partial charge in [-0.2, -0.15) is 0 Å². The summed E-state index contributed by atoms with van der Waals surface area (Å²) in [5.74, 6) is -0.234. The first-order valence-corrected chi connectivity index (χ1v) is 6.21. The smallest absolute Gasteiger partial charge is 0.123 e. The van der Waals surface area contributed by atoms with Gasteiger partial charge < -0.3 is 5.32 Å². The van der Waals surface area contributed by atoms with E-state index in [1.807, 2.05) is 10.7 Å². The van der Waals surface area contributed by atoms with Crippen molar-refractivity contribution in [1.82, 2.24) is 20.3 Å². The van der Waals surface area contributed by atoms with Gasteiger partial charge in [-0.25, -0.2) is 9.07 Å². The fourth-order valence-electron chi connectivity index (χ4n) is 2.41. The van der Waals surface area contributed by atoms with Crippen LogP contribution in [-0.4, -0.2) is 28.1 Å². The van der Waals surface area contributed by atoms with E-state index in [4.69, 9.17) is 0 Å². The quantitative estimate of drug-likeness (QED) is 0.881. The molecule has 2 aromatic rings. The van der Waals surface area contributed by atoms with Gasteiger partial charge in [0.25, 0.3) is 0 Å². The normalized spacial score (nSPS) is 19.9. The van der Waals surface area contributed by atoms with Gasteiger partial charge in [0.05, 0.1) is 17.9 Å². The fraction of sp³-hybridized carbons (Fsp3) is 0.385. The zero-order valence-corrected chi connectivity index (χ0v) is 10.0. The summed E-state index contributed by atoms with van der Waals surface area (Å²) in [6, 6.07) is 6.86. The number of rotatable bonds is 2. The van der Waals surface area contributed by atoms with Gasteiger partial charge in [-0.3, -0.25) is 0 Å². The average molecular weight is 246 g/mol. The number of benzene rings is 1. The van der Waals surface area contributed by atoms with E-state index >= 15 is 0 Å². The predicted octanol–water partition coefficient (Wildman–Crippen LogP) is 2.01. The second-order valence-electron chi connectivity index (χ2n) is 4.57. The molecule has 1 fully saturated rings. The molecule has 1 saturated heterocycles. The molecule has 1 aliphatic heterocycles. The van der Waals surface area contributed by atoms with E-state index in [0.29, 0.717) is 6.04 Å². The van der Waals surface area contributed by atoms with Crippen LogP contribution in [0, 0.1) is 5.82 Å². The number of hydrogen-bond donors (Lipinski definition) is 1. The highest BCUT2D eigenvalue weighted by Crippen LogP contribution is 2.24. The van der Waals surface area contributed by atoms with E-state index in [0.717, 1.165) is 37.2 Å². The maximum Gasteiger partial charge on any atom is 0.123 e. The topological polar surface area (TPSA) is 42.7 Å². The number of hydrogen-bond acceptors (Lipinski definition) is 3. The van der Waals surface area contributed by atoms with Gasteiger partial charge >= 0.3 is 0 Å². The van der Waals surface area contributed by atoms with Crippen molar-refractivity contribution in [3.63, 3.8) is 0 Å². The first-order valence-electron chi connectivity index (χ1n) is 6.21. The standard InChI is InChI=1S/C13H15FN4/c14-11-4-1-3-10(7-11)13-9-16-17-18(13)12-5-2-6-15-8-12/h1,3-4,7,9,12,15H,2,5-6,8H2. The molecule has 1 aliphatic rings. The van der Waals surface area contributed by atoms with E-state index in [1.54, 1.807) is 12.3 Å². The molecule has 0 spiro atoms. The van der Waals surface area contributed by atoms with Crippen LogP contribution >= 0.6 is 0 Å². The number of piperidine rings is 1. The lowest BCUT2D eigenvalue weighted by molar-refractivity contribution is 0.344. The minimum Gasteiger partial charge on any atom is -0.315 e. The van der Waals surface area contributed by atoms with Crippen molar-refractivity contribution in [3.05, 3.63) is 36.3 Å². The molecule has 2 heterocycles.